The number of carboxylic acids is 1. The van der Waals surface area contributed by atoms with Gasteiger partial charge in [-0.15, -0.1) is 0 Å². The van der Waals surface area contributed by atoms with Crippen LogP contribution in [-0.2, 0) is 25.4 Å². The first-order valence-corrected chi connectivity index (χ1v) is 11.4. The molecule has 1 atom stereocenters. The Kier molecular flexibility index (Phi) is 7.98. The number of benzene rings is 1. The summed E-state index contributed by atoms with van der Waals surface area (Å²) in [6.45, 7) is 11.3. The van der Waals surface area contributed by atoms with Gasteiger partial charge < -0.3 is 14.3 Å². The van der Waals surface area contributed by atoms with E-state index in [0.717, 1.165) is 5.56 Å². The maximum atomic E-state index is 11.9. The van der Waals surface area contributed by atoms with Crippen LogP contribution in [0, 0.1) is 0 Å². The number of ketones is 1. The minimum atomic E-state index is -2.08. The summed E-state index contributed by atoms with van der Waals surface area (Å²) in [5.41, 5.74) is 1.05. The lowest BCUT2D eigenvalue weighted by atomic mass is 10.1. The first-order valence-electron chi connectivity index (χ1n) is 8.54. The van der Waals surface area contributed by atoms with Crippen LogP contribution in [0.3, 0.4) is 0 Å². The van der Waals surface area contributed by atoms with Crippen LogP contribution in [-0.4, -0.2) is 37.9 Å². The summed E-state index contributed by atoms with van der Waals surface area (Å²) >= 11 is 0. The van der Waals surface area contributed by atoms with Gasteiger partial charge in [0.25, 0.3) is 0 Å². The fraction of sp³-hybridized carbons (Fsp3) is 0.579. The number of hydrogen-bond acceptors (Lipinski definition) is 4. The fourth-order valence-electron chi connectivity index (χ4n) is 2.11. The molecular weight excluding hydrogens is 336 g/mol. The molecule has 0 radical (unpaired) electrons. The van der Waals surface area contributed by atoms with Crippen molar-refractivity contribution in [2.45, 2.75) is 64.5 Å². The predicted octanol–water partition coefficient (Wildman–Crippen LogP) is 4.03. The van der Waals surface area contributed by atoms with E-state index in [2.05, 4.69) is 33.9 Å². The maximum Gasteiger partial charge on any atom is 0.310 e. The lowest BCUT2D eigenvalue weighted by Crippen LogP contribution is -2.45. The molecule has 1 rings (SSSR count). The van der Waals surface area contributed by atoms with Gasteiger partial charge in [0, 0.05) is 6.42 Å². The van der Waals surface area contributed by atoms with Crippen molar-refractivity contribution < 1.29 is 23.9 Å². The van der Waals surface area contributed by atoms with Crippen molar-refractivity contribution in [3.05, 3.63) is 35.9 Å². The third kappa shape index (κ3) is 7.94. The molecule has 0 unspecified atom stereocenters. The van der Waals surface area contributed by atoms with Crippen LogP contribution in [0.4, 0.5) is 0 Å². The van der Waals surface area contributed by atoms with Gasteiger partial charge in [-0.3, -0.25) is 9.59 Å². The normalized spacial score (nSPS) is 13.5. The molecule has 0 fully saturated rings. The first kappa shape index (κ1) is 21.5. The van der Waals surface area contributed by atoms with Crippen LogP contribution in [0.15, 0.2) is 30.3 Å². The Morgan fingerprint density at radius 2 is 1.76 bits per heavy atom. The molecule has 0 heterocycles. The van der Waals surface area contributed by atoms with Gasteiger partial charge in [0.15, 0.2) is 8.32 Å². The number of Topliss-reactive ketones (excluding diaryl/α,β-unsaturated/α-hetero) is 1. The third-order valence-electron chi connectivity index (χ3n) is 4.49. The molecule has 0 saturated carbocycles. The molecule has 6 heteroatoms. The van der Waals surface area contributed by atoms with Gasteiger partial charge in [-0.2, -0.15) is 0 Å². The Balaban J connectivity index is 2.69. The zero-order valence-corrected chi connectivity index (χ0v) is 16.9. The lowest BCUT2D eigenvalue weighted by molar-refractivity contribution is -0.140. The summed E-state index contributed by atoms with van der Waals surface area (Å²) in [6.07, 6.45) is -0.833. The van der Waals surface area contributed by atoms with Crippen molar-refractivity contribution in [1.82, 2.24) is 0 Å². The molecule has 140 valence electrons. The van der Waals surface area contributed by atoms with E-state index >= 15 is 0 Å². The summed E-state index contributed by atoms with van der Waals surface area (Å²) in [5.74, 6) is -1.44. The number of carbonyl (C=O) groups excluding carboxylic acids is 1. The molecule has 0 saturated heterocycles. The van der Waals surface area contributed by atoms with Crippen LogP contribution in [0.2, 0.25) is 18.1 Å². The summed E-state index contributed by atoms with van der Waals surface area (Å²) in [6, 6.07) is 9.77. The average molecular weight is 367 g/mol. The van der Waals surface area contributed by atoms with Crippen molar-refractivity contribution in [3.63, 3.8) is 0 Å². The molecule has 0 aliphatic rings. The van der Waals surface area contributed by atoms with Crippen molar-refractivity contribution >= 4 is 20.1 Å². The van der Waals surface area contributed by atoms with E-state index in [1.165, 1.54) is 0 Å². The van der Waals surface area contributed by atoms with Crippen LogP contribution >= 0.6 is 0 Å². The highest BCUT2D eigenvalue weighted by Crippen LogP contribution is 2.37. The van der Waals surface area contributed by atoms with Crippen LogP contribution in [0.25, 0.3) is 0 Å². The number of carboxylic acid groups (broad SMARTS) is 1. The van der Waals surface area contributed by atoms with Crippen molar-refractivity contribution in [1.29, 1.82) is 0 Å². The molecule has 25 heavy (non-hydrogen) atoms. The average Bonchev–Trinajstić information content (AvgIpc) is 2.45. The molecule has 1 aromatic carbocycles. The molecule has 0 spiro atoms. The topological polar surface area (TPSA) is 72.8 Å². The van der Waals surface area contributed by atoms with E-state index in [1.807, 2.05) is 30.3 Å². The van der Waals surface area contributed by atoms with E-state index in [4.69, 9.17) is 14.3 Å². The highest BCUT2D eigenvalue weighted by molar-refractivity contribution is 6.74. The Labute approximate surface area is 151 Å². The molecule has 1 N–H and O–H groups in total. The van der Waals surface area contributed by atoms with Crippen molar-refractivity contribution in [2.75, 3.05) is 6.61 Å². The minimum absolute atomic E-state index is 0.000521. The smallest absolute Gasteiger partial charge is 0.310 e. The van der Waals surface area contributed by atoms with Gasteiger partial charge in [0.1, 0.15) is 12.2 Å². The number of hydrogen-bond donors (Lipinski definition) is 1. The molecule has 0 bridgehead atoms. The van der Waals surface area contributed by atoms with Crippen LogP contribution in [0.1, 0.15) is 39.2 Å². The Bertz CT molecular complexity index is 563. The van der Waals surface area contributed by atoms with Gasteiger partial charge in [0.2, 0.25) is 0 Å². The van der Waals surface area contributed by atoms with Crippen molar-refractivity contribution in [3.8, 4) is 0 Å². The van der Waals surface area contributed by atoms with Gasteiger partial charge in [-0.1, -0.05) is 51.1 Å². The number of aliphatic carboxylic acids is 1. The summed E-state index contributed by atoms with van der Waals surface area (Å²) in [7, 11) is -2.08. The second-order valence-electron chi connectivity index (χ2n) is 7.81. The molecular formula is C19H30O5Si. The molecule has 5 nitrogen and oxygen atoms in total. The Morgan fingerprint density at radius 1 is 1.16 bits per heavy atom. The fourth-order valence-corrected chi connectivity index (χ4v) is 3.44. The van der Waals surface area contributed by atoms with E-state index in [1.54, 1.807) is 0 Å². The SMILES string of the molecule is CC(C)(C)[Si](C)(C)O[C@H](COCc1ccccc1)CC(=O)CC(=O)O. The van der Waals surface area contributed by atoms with E-state index in [9.17, 15) is 9.59 Å². The number of carbonyl (C=O) groups is 2. The Morgan fingerprint density at radius 3 is 2.28 bits per heavy atom. The van der Waals surface area contributed by atoms with Gasteiger partial charge in [0.05, 0.1) is 19.3 Å². The minimum Gasteiger partial charge on any atom is -0.481 e. The highest BCUT2D eigenvalue weighted by Gasteiger charge is 2.39. The third-order valence-corrected chi connectivity index (χ3v) is 9.02. The monoisotopic (exact) mass is 366 g/mol. The van der Waals surface area contributed by atoms with Crippen LogP contribution < -0.4 is 0 Å². The zero-order valence-electron chi connectivity index (χ0n) is 15.9. The number of ether oxygens (including phenoxy) is 1. The second kappa shape index (κ2) is 9.27. The highest BCUT2D eigenvalue weighted by atomic mass is 28.4. The quantitative estimate of drug-likeness (QED) is 0.500. The van der Waals surface area contributed by atoms with E-state index in [0.29, 0.717) is 6.61 Å². The summed E-state index contributed by atoms with van der Waals surface area (Å²) < 4.78 is 12.0. The second-order valence-corrected chi connectivity index (χ2v) is 12.6. The van der Waals surface area contributed by atoms with Gasteiger partial charge >= 0.3 is 5.97 Å². The molecule has 1 aromatic rings. The zero-order chi connectivity index (χ0) is 19.1. The Hall–Kier alpha value is -1.50. The largest absolute Gasteiger partial charge is 0.481 e. The maximum absolute atomic E-state index is 11.9. The molecule has 0 aliphatic carbocycles. The molecule has 0 aliphatic heterocycles. The standard InChI is InChI=1S/C19H30O5Si/c1-19(2,3)25(4,5)24-17(11-16(20)12-18(21)22)14-23-13-15-9-7-6-8-10-15/h6-10,17H,11-14H2,1-5H3,(H,21,22)/t17-/m0/s1. The van der Waals surface area contributed by atoms with Gasteiger partial charge in [-0.25, -0.2) is 0 Å². The predicted molar refractivity (Wildman–Crippen MR) is 100 cm³/mol. The molecule has 0 amide bonds. The number of rotatable bonds is 10. The van der Waals surface area contributed by atoms with E-state index < -0.39 is 26.8 Å². The van der Waals surface area contributed by atoms with Crippen molar-refractivity contribution in [2.24, 2.45) is 0 Å². The molecule has 0 aromatic heterocycles. The summed E-state index contributed by atoms with van der Waals surface area (Å²) in [5, 5.41) is 8.80. The lowest BCUT2D eigenvalue weighted by Gasteiger charge is -2.39. The van der Waals surface area contributed by atoms with Crippen LogP contribution in [0.5, 0.6) is 0 Å². The summed E-state index contributed by atoms with van der Waals surface area (Å²) in [4.78, 5) is 22.7. The van der Waals surface area contributed by atoms with E-state index in [-0.39, 0.29) is 23.8 Å². The van der Waals surface area contributed by atoms with Gasteiger partial charge in [-0.05, 0) is 23.7 Å². The first-order chi connectivity index (χ1) is 11.5.